The number of alkyl halides is 3. The molecule has 0 saturated heterocycles. The van der Waals surface area contributed by atoms with Gasteiger partial charge in [0.25, 0.3) is 0 Å². The lowest BCUT2D eigenvalue weighted by atomic mass is 10.1. The molecule has 0 saturated carbocycles. The van der Waals surface area contributed by atoms with Crippen LogP contribution in [0, 0.1) is 6.92 Å². The van der Waals surface area contributed by atoms with E-state index in [1.807, 2.05) is 48.5 Å². The molecule has 11 heteroatoms. The lowest BCUT2D eigenvalue weighted by Crippen LogP contribution is -2.07. The molecule has 4 aromatic heterocycles. The highest BCUT2D eigenvalue weighted by Crippen LogP contribution is 2.38. The number of ether oxygens (including phenoxy) is 2. The molecule has 0 aliphatic rings. The normalized spacial score (nSPS) is 12.0. The van der Waals surface area contributed by atoms with E-state index >= 15 is 0 Å². The summed E-state index contributed by atoms with van der Waals surface area (Å²) in [5, 5.41) is 5.15. The first-order chi connectivity index (χ1) is 17.8. The van der Waals surface area contributed by atoms with Crippen molar-refractivity contribution in [3.05, 3.63) is 77.7 Å². The summed E-state index contributed by atoms with van der Waals surface area (Å²) < 4.78 is 53.2. The van der Waals surface area contributed by atoms with Gasteiger partial charge in [-0.2, -0.15) is 13.2 Å². The molecule has 2 aromatic carbocycles. The smallest absolute Gasteiger partial charge is 0.433 e. The zero-order valence-electron chi connectivity index (χ0n) is 19.6. The molecule has 0 spiro atoms. The topological polar surface area (TPSA) is 74.4 Å². The van der Waals surface area contributed by atoms with E-state index in [4.69, 9.17) is 14.5 Å². The predicted molar refractivity (Wildman–Crippen MR) is 134 cm³/mol. The Morgan fingerprint density at radius 3 is 2.62 bits per heavy atom. The third kappa shape index (κ3) is 4.20. The van der Waals surface area contributed by atoms with Gasteiger partial charge in [0, 0.05) is 17.0 Å². The maximum absolute atomic E-state index is 13.3. The number of methoxy groups -OCH3 is 1. The van der Waals surface area contributed by atoms with Gasteiger partial charge in [0.05, 0.1) is 12.6 Å². The monoisotopic (exact) mass is 521 g/mol. The molecule has 4 heterocycles. The number of nitrogens with zero attached hydrogens (tertiary/aromatic N) is 5. The van der Waals surface area contributed by atoms with Crippen molar-refractivity contribution in [3.8, 4) is 22.9 Å². The molecule has 7 nitrogen and oxygen atoms in total. The predicted octanol–water partition coefficient (Wildman–Crippen LogP) is 6.47. The standard InChI is InChI=1S/C26H18F3N5O2S/c1-14-9-19(26(27,28)29)31-25-20(14)21-22(37-25)24-32-23(33-34(24)13-30-21)16-6-3-5-15(10-16)12-36-18-8-4-7-17(11-18)35-2/h3-11,13H,12H2,1-2H3. The number of rotatable bonds is 5. The van der Waals surface area contributed by atoms with Crippen molar-refractivity contribution in [1.29, 1.82) is 0 Å². The maximum atomic E-state index is 13.3. The molecule has 0 atom stereocenters. The Kier molecular flexibility index (Phi) is 5.45. The lowest BCUT2D eigenvalue weighted by molar-refractivity contribution is -0.141. The zero-order valence-corrected chi connectivity index (χ0v) is 20.4. The van der Waals surface area contributed by atoms with E-state index in [0.717, 1.165) is 28.5 Å². The summed E-state index contributed by atoms with van der Waals surface area (Å²) in [7, 11) is 1.60. The van der Waals surface area contributed by atoms with E-state index in [2.05, 4.69) is 15.1 Å². The van der Waals surface area contributed by atoms with E-state index in [1.165, 1.54) is 10.8 Å². The Bertz CT molecular complexity index is 1790. The average Bonchev–Trinajstić information content (AvgIpc) is 3.49. The highest BCUT2D eigenvalue weighted by atomic mass is 32.1. The van der Waals surface area contributed by atoms with Gasteiger partial charge < -0.3 is 9.47 Å². The molecule has 0 aliphatic heterocycles. The number of hydrogen-bond acceptors (Lipinski definition) is 7. The molecule has 37 heavy (non-hydrogen) atoms. The molecule has 0 bridgehead atoms. The van der Waals surface area contributed by atoms with Gasteiger partial charge >= 0.3 is 6.18 Å². The number of aryl methyl sites for hydroxylation is 1. The van der Waals surface area contributed by atoms with Crippen LogP contribution in [0.5, 0.6) is 11.5 Å². The van der Waals surface area contributed by atoms with Gasteiger partial charge in [-0.25, -0.2) is 19.5 Å². The fraction of sp³-hybridized carbons (Fsp3) is 0.154. The number of aromatic nitrogens is 5. The number of thiophene rings is 1. The van der Waals surface area contributed by atoms with Crippen LogP contribution in [0.1, 0.15) is 16.8 Å². The van der Waals surface area contributed by atoms with Crippen LogP contribution in [-0.2, 0) is 12.8 Å². The minimum absolute atomic E-state index is 0.268. The van der Waals surface area contributed by atoms with Gasteiger partial charge in [-0.15, -0.1) is 16.4 Å². The minimum atomic E-state index is -4.53. The van der Waals surface area contributed by atoms with Crippen LogP contribution < -0.4 is 9.47 Å². The summed E-state index contributed by atoms with van der Waals surface area (Å²) >= 11 is 1.13. The van der Waals surface area contributed by atoms with Crippen molar-refractivity contribution in [3.63, 3.8) is 0 Å². The van der Waals surface area contributed by atoms with Crippen LogP contribution in [0.25, 0.3) is 37.5 Å². The largest absolute Gasteiger partial charge is 0.497 e. The summed E-state index contributed by atoms with van der Waals surface area (Å²) in [6, 6.07) is 16.1. The molecule has 6 aromatic rings. The molecule has 0 radical (unpaired) electrons. The molecule has 0 unspecified atom stereocenters. The number of pyridine rings is 1. The summed E-state index contributed by atoms with van der Waals surface area (Å²) in [6.07, 6.45) is -3.01. The first-order valence-corrected chi connectivity index (χ1v) is 12.0. The summed E-state index contributed by atoms with van der Waals surface area (Å²) in [4.78, 5) is 13.3. The molecular formula is C26H18F3N5O2S. The fourth-order valence-electron chi connectivity index (χ4n) is 4.14. The van der Waals surface area contributed by atoms with Gasteiger partial charge in [0.2, 0.25) is 0 Å². The van der Waals surface area contributed by atoms with Crippen LogP contribution in [-0.4, -0.2) is 31.7 Å². The van der Waals surface area contributed by atoms with Gasteiger partial charge in [0.1, 0.15) is 39.7 Å². The van der Waals surface area contributed by atoms with Gasteiger partial charge in [0.15, 0.2) is 11.5 Å². The van der Waals surface area contributed by atoms with Crippen molar-refractivity contribution in [2.24, 2.45) is 0 Å². The van der Waals surface area contributed by atoms with Gasteiger partial charge in [-0.3, -0.25) is 0 Å². The van der Waals surface area contributed by atoms with Crippen LogP contribution >= 0.6 is 11.3 Å². The SMILES string of the molecule is COc1cccc(OCc2cccc(-c3nc4c5sc6nc(C(F)(F)F)cc(C)c6c5ncn4n3)c2)c1. The molecule has 6 rings (SSSR count). The molecular weight excluding hydrogens is 503 g/mol. The molecule has 0 fully saturated rings. The van der Waals surface area contributed by atoms with Crippen molar-refractivity contribution in [2.75, 3.05) is 7.11 Å². The van der Waals surface area contributed by atoms with E-state index in [1.54, 1.807) is 14.0 Å². The summed E-state index contributed by atoms with van der Waals surface area (Å²) in [5.74, 6) is 1.86. The van der Waals surface area contributed by atoms with Gasteiger partial charge in [-0.05, 0) is 42.3 Å². The maximum Gasteiger partial charge on any atom is 0.433 e. The Morgan fingerprint density at radius 2 is 1.81 bits per heavy atom. The first-order valence-electron chi connectivity index (χ1n) is 11.2. The van der Waals surface area contributed by atoms with Crippen molar-refractivity contribution in [2.45, 2.75) is 19.7 Å². The minimum Gasteiger partial charge on any atom is -0.497 e. The number of hydrogen-bond donors (Lipinski definition) is 0. The van der Waals surface area contributed by atoms with Crippen LogP contribution in [0.2, 0.25) is 0 Å². The van der Waals surface area contributed by atoms with Crippen LogP contribution in [0.3, 0.4) is 0 Å². The average molecular weight is 522 g/mol. The third-order valence-corrected chi connectivity index (χ3v) is 6.96. The lowest BCUT2D eigenvalue weighted by Gasteiger charge is -2.08. The van der Waals surface area contributed by atoms with Gasteiger partial charge in [-0.1, -0.05) is 24.3 Å². The zero-order chi connectivity index (χ0) is 25.7. The van der Waals surface area contributed by atoms with Crippen LogP contribution in [0.4, 0.5) is 13.2 Å². The van der Waals surface area contributed by atoms with Crippen molar-refractivity contribution in [1.82, 2.24) is 24.6 Å². The Morgan fingerprint density at radius 1 is 1.00 bits per heavy atom. The molecule has 0 amide bonds. The number of halogens is 3. The number of benzene rings is 2. The Balaban J connectivity index is 1.37. The molecule has 186 valence electrons. The fourth-order valence-corrected chi connectivity index (χ4v) is 5.31. The summed E-state index contributed by atoms with van der Waals surface area (Å²) in [6.45, 7) is 1.97. The van der Waals surface area contributed by atoms with Crippen molar-refractivity contribution < 1.29 is 22.6 Å². The number of fused-ring (bicyclic) bond motifs is 5. The Hall–Kier alpha value is -4.25. The second-order valence-electron chi connectivity index (χ2n) is 8.40. The van der Waals surface area contributed by atoms with E-state index in [-0.39, 0.29) is 4.83 Å². The quantitative estimate of drug-likeness (QED) is 0.259. The Labute approximate surface area is 212 Å². The van der Waals surface area contributed by atoms with E-state index in [0.29, 0.717) is 50.7 Å². The second kappa shape index (κ2) is 8.70. The van der Waals surface area contributed by atoms with E-state index < -0.39 is 11.9 Å². The van der Waals surface area contributed by atoms with Crippen molar-refractivity contribution >= 4 is 37.4 Å². The molecule has 0 aliphatic carbocycles. The van der Waals surface area contributed by atoms with E-state index in [9.17, 15) is 13.2 Å². The summed E-state index contributed by atoms with van der Waals surface area (Å²) in [5.41, 5.74) is 2.31. The highest BCUT2D eigenvalue weighted by Gasteiger charge is 2.33. The molecule has 0 N–H and O–H groups in total. The first kappa shape index (κ1) is 23.2. The highest BCUT2D eigenvalue weighted by molar-refractivity contribution is 7.26. The van der Waals surface area contributed by atoms with Crippen LogP contribution in [0.15, 0.2) is 60.9 Å². The third-order valence-electron chi connectivity index (χ3n) is 5.89. The second-order valence-corrected chi connectivity index (χ2v) is 9.40.